The van der Waals surface area contributed by atoms with Gasteiger partial charge in [0.1, 0.15) is 17.3 Å². The van der Waals surface area contributed by atoms with E-state index in [1.807, 2.05) is 18.2 Å². The van der Waals surface area contributed by atoms with E-state index < -0.39 is 0 Å². The van der Waals surface area contributed by atoms with Gasteiger partial charge >= 0.3 is 6.03 Å². The van der Waals surface area contributed by atoms with Crippen LogP contribution in [0.2, 0.25) is 0 Å². The van der Waals surface area contributed by atoms with Gasteiger partial charge in [0.05, 0.1) is 14.2 Å². The Morgan fingerprint density at radius 3 is 2.37 bits per heavy atom. The zero-order chi connectivity index (χ0) is 19.2. The van der Waals surface area contributed by atoms with Gasteiger partial charge in [-0.25, -0.2) is 9.18 Å². The summed E-state index contributed by atoms with van der Waals surface area (Å²) in [7, 11) is 3.30. The monoisotopic (exact) mass is 373 g/mol. The van der Waals surface area contributed by atoms with Crippen LogP contribution in [0.25, 0.3) is 0 Å². The fourth-order valence-electron chi connectivity index (χ4n) is 3.09. The number of amides is 2. The van der Waals surface area contributed by atoms with E-state index >= 15 is 0 Å². The normalized spacial score (nSPS) is 14.7. The summed E-state index contributed by atoms with van der Waals surface area (Å²) in [5, 5.41) is 2.80. The smallest absolute Gasteiger partial charge is 0.321 e. The number of hydrogen-bond acceptors (Lipinski definition) is 4. The van der Waals surface area contributed by atoms with Crippen LogP contribution >= 0.6 is 0 Å². The van der Waals surface area contributed by atoms with Gasteiger partial charge in [0.25, 0.3) is 0 Å². The first-order chi connectivity index (χ1) is 13.1. The third-order valence-corrected chi connectivity index (χ3v) is 4.64. The lowest BCUT2D eigenvalue weighted by Crippen LogP contribution is -2.49. The highest BCUT2D eigenvalue weighted by atomic mass is 19.1. The third kappa shape index (κ3) is 4.89. The quantitative estimate of drug-likeness (QED) is 0.875. The minimum Gasteiger partial charge on any atom is -0.497 e. The number of nitrogens with zero attached hydrogens (tertiary/aromatic N) is 2. The molecule has 0 bridgehead atoms. The van der Waals surface area contributed by atoms with Crippen LogP contribution in [-0.2, 0) is 6.54 Å². The predicted molar refractivity (Wildman–Crippen MR) is 102 cm³/mol. The molecule has 0 radical (unpaired) electrons. The van der Waals surface area contributed by atoms with Crippen molar-refractivity contribution in [2.75, 3.05) is 45.7 Å². The Bertz CT molecular complexity index is 775. The predicted octanol–water partition coefficient (Wildman–Crippen LogP) is 3.19. The number of ether oxygens (including phenoxy) is 2. The van der Waals surface area contributed by atoms with E-state index in [0.717, 1.165) is 36.7 Å². The van der Waals surface area contributed by atoms with Crippen LogP contribution in [0, 0.1) is 5.82 Å². The van der Waals surface area contributed by atoms with Crippen LogP contribution in [0.15, 0.2) is 42.5 Å². The lowest BCUT2D eigenvalue weighted by atomic mass is 10.1. The average molecular weight is 373 g/mol. The van der Waals surface area contributed by atoms with Gasteiger partial charge in [0, 0.05) is 44.0 Å². The zero-order valence-corrected chi connectivity index (χ0v) is 15.6. The Hall–Kier alpha value is -2.80. The molecule has 1 heterocycles. The van der Waals surface area contributed by atoms with Crippen molar-refractivity contribution in [2.24, 2.45) is 0 Å². The van der Waals surface area contributed by atoms with Crippen molar-refractivity contribution in [1.29, 1.82) is 0 Å². The van der Waals surface area contributed by atoms with E-state index in [4.69, 9.17) is 9.47 Å². The number of benzene rings is 2. The summed E-state index contributed by atoms with van der Waals surface area (Å²) in [6.45, 7) is 3.50. The molecule has 27 heavy (non-hydrogen) atoms. The fraction of sp³-hybridized carbons (Fsp3) is 0.350. The maximum Gasteiger partial charge on any atom is 0.321 e. The number of rotatable bonds is 5. The molecule has 6 nitrogen and oxygen atoms in total. The molecule has 1 saturated heterocycles. The number of anilines is 1. The Morgan fingerprint density at radius 2 is 1.74 bits per heavy atom. The molecule has 2 aromatic carbocycles. The van der Waals surface area contributed by atoms with E-state index in [9.17, 15) is 9.18 Å². The zero-order valence-electron chi connectivity index (χ0n) is 15.6. The van der Waals surface area contributed by atoms with Crippen molar-refractivity contribution in [3.8, 4) is 11.5 Å². The molecule has 1 fully saturated rings. The molecule has 1 N–H and O–H groups in total. The molecule has 0 aromatic heterocycles. The highest BCUT2D eigenvalue weighted by Crippen LogP contribution is 2.25. The molecule has 0 aliphatic carbocycles. The van der Waals surface area contributed by atoms with Gasteiger partial charge in [0.2, 0.25) is 0 Å². The lowest BCUT2D eigenvalue weighted by Gasteiger charge is -2.35. The molecule has 3 rings (SSSR count). The third-order valence-electron chi connectivity index (χ3n) is 4.64. The van der Waals surface area contributed by atoms with Gasteiger partial charge in [-0.05, 0) is 42.5 Å². The highest BCUT2D eigenvalue weighted by Gasteiger charge is 2.22. The summed E-state index contributed by atoms with van der Waals surface area (Å²) >= 11 is 0. The molecule has 2 amide bonds. The largest absolute Gasteiger partial charge is 0.497 e. The van der Waals surface area contributed by atoms with Gasteiger partial charge in [-0.2, -0.15) is 0 Å². The van der Waals surface area contributed by atoms with Crippen molar-refractivity contribution in [2.45, 2.75) is 6.54 Å². The first-order valence-electron chi connectivity index (χ1n) is 8.84. The molecular formula is C20H24FN3O3. The maximum absolute atomic E-state index is 13.0. The van der Waals surface area contributed by atoms with Crippen LogP contribution in [0.3, 0.4) is 0 Å². The van der Waals surface area contributed by atoms with Crippen LogP contribution in [0.5, 0.6) is 11.5 Å². The van der Waals surface area contributed by atoms with Crippen LogP contribution < -0.4 is 14.8 Å². The molecule has 0 saturated carbocycles. The number of carbonyl (C=O) groups is 1. The minimum absolute atomic E-state index is 0.166. The summed E-state index contributed by atoms with van der Waals surface area (Å²) in [5.74, 6) is 1.30. The lowest BCUT2D eigenvalue weighted by molar-refractivity contribution is 0.142. The SMILES string of the molecule is COc1ccc(OC)c(CN2CCN(C(=O)Nc3ccc(F)cc3)CC2)c1. The number of carbonyl (C=O) groups excluding carboxylic acids is 1. The Kier molecular flexibility index (Phi) is 6.13. The second-order valence-corrected chi connectivity index (χ2v) is 6.38. The molecular weight excluding hydrogens is 349 g/mol. The Morgan fingerprint density at radius 1 is 1.04 bits per heavy atom. The van der Waals surface area contributed by atoms with Gasteiger partial charge in [-0.1, -0.05) is 0 Å². The van der Waals surface area contributed by atoms with Crippen molar-refractivity contribution in [3.05, 3.63) is 53.8 Å². The van der Waals surface area contributed by atoms with Crippen molar-refractivity contribution >= 4 is 11.7 Å². The first kappa shape index (κ1) is 19.0. The number of methoxy groups -OCH3 is 2. The Labute approximate surface area is 158 Å². The second kappa shape index (κ2) is 8.73. The number of nitrogens with one attached hydrogen (secondary N) is 1. The number of piperazine rings is 1. The van der Waals surface area contributed by atoms with Crippen molar-refractivity contribution in [1.82, 2.24) is 9.80 Å². The number of halogens is 1. The van der Waals surface area contributed by atoms with Crippen LogP contribution in [0.4, 0.5) is 14.9 Å². The van der Waals surface area contributed by atoms with Gasteiger partial charge in [0.15, 0.2) is 0 Å². The maximum atomic E-state index is 13.0. The van der Waals surface area contributed by atoms with E-state index in [2.05, 4.69) is 10.2 Å². The molecule has 7 heteroatoms. The summed E-state index contributed by atoms with van der Waals surface area (Å²) in [4.78, 5) is 16.4. The molecule has 144 valence electrons. The molecule has 1 aliphatic heterocycles. The van der Waals surface area contributed by atoms with E-state index in [-0.39, 0.29) is 11.8 Å². The number of hydrogen-bond donors (Lipinski definition) is 1. The molecule has 0 spiro atoms. The summed E-state index contributed by atoms with van der Waals surface area (Å²) in [5.41, 5.74) is 1.64. The number of urea groups is 1. The van der Waals surface area contributed by atoms with Crippen molar-refractivity contribution in [3.63, 3.8) is 0 Å². The summed E-state index contributed by atoms with van der Waals surface area (Å²) < 4.78 is 23.7. The summed E-state index contributed by atoms with van der Waals surface area (Å²) in [6.07, 6.45) is 0. The fourth-order valence-corrected chi connectivity index (χ4v) is 3.09. The topological polar surface area (TPSA) is 54.0 Å². The Balaban J connectivity index is 1.54. The first-order valence-corrected chi connectivity index (χ1v) is 8.84. The molecule has 0 unspecified atom stereocenters. The van der Waals surface area contributed by atoms with Crippen LogP contribution in [0.1, 0.15) is 5.56 Å². The van der Waals surface area contributed by atoms with Gasteiger partial charge in [-0.15, -0.1) is 0 Å². The molecule has 0 atom stereocenters. The van der Waals surface area contributed by atoms with Gasteiger partial charge < -0.3 is 19.7 Å². The van der Waals surface area contributed by atoms with E-state index in [0.29, 0.717) is 18.8 Å². The van der Waals surface area contributed by atoms with Gasteiger partial charge in [-0.3, -0.25) is 4.90 Å². The molecule has 1 aliphatic rings. The second-order valence-electron chi connectivity index (χ2n) is 6.38. The van der Waals surface area contributed by atoms with Crippen LogP contribution in [-0.4, -0.2) is 56.2 Å². The molecule has 2 aromatic rings. The minimum atomic E-state index is -0.324. The van der Waals surface area contributed by atoms with E-state index in [1.54, 1.807) is 31.3 Å². The standard InChI is InChI=1S/C20H24FN3O3/c1-26-18-7-8-19(27-2)15(13-18)14-23-9-11-24(12-10-23)20(25)22-17-5-3-16(21)4-6-17/h3-8,13H,9-12,14H2,1-2H3,(H,22,25). The highest BCUT2D eigenvalue weighted by molar-refractivity contribution is 5.89. The summed E-state index contributed by atoms with van der Waals surface area (Å²) in [6, 6.07) is 11.4. The average Bonchev–Trinajstić information content (AvgIpc) is 2.70. The van der Waals surface area contributed by atoms with E-state index in [1.165, 1.54) is 12.1 Å². The van der Waals surface area contributed by atoms with Crippen molar-refractivity contribution < 1.29 is 18.7 Å².